The van der Waals surface area contributed by atoms with Crippen molar-refractivity contribution in [3.05, 3.63) is 34.6 Å². The topological polar surface area (TPSA) is 105 Å². The monoisotopic (exact) mass is 374 g/mol. The number of carbonyl (C=O) groups excluding carboxylic acids is 1. The molecule has 0 spiro atoms. The van der Waals surface area contributed by atoms with Crippen LogP contribution in [0.2, 0.25) is 0 Å². The number of piperazine rings is 1. The quantitative estimate of drug-likeness (QED) is 0.837. The molecule has 1 aliphatic rings. The Hall–Kier alpha value is -3.10. The number of benzene rings is 1. The highest BCUT2D eigenvalue weighted by atomic mass is 16.6. The largest absolute Gasteiger partial charge is 0.481 e. The average Bonchev–Trinajstić information content (AvgIpc) is 2.67. The minimum atomic E-state index is -0.979. The number of ether oxygens (including phenoxy) is 1. The van der Waals surface area contributed by atoms with Crippen molar-refractivity contribution in [2.45, 2.75) is 19.9 Å². The second-order valence-electron chi connectivity index (χ2n) is 6.20. The molecule has 2 heterocycles. The summed E-state index contributed by atoms with van der Waals surface area (Å²) in [7, 11) is 0. The molecule has 1 fully saturated rings. The lowest BCUT2D eigenvalue weighted by Crippen LogP contribution is -2.50. The van der Waals surface area contributed by atoms with E-state index in [0.29, 0.717) is 49.6 Å². The second-order valence-corrected chi connectivity index (χ2v) is 6.20. The van der Waals surface area contributed by atoms with Crippen molar-refractivity contribution in [3.8, 4) is 0 Å². The molecule has 2 aromatic rings. The molecule has 9 heteroatoms. The van der Waals surface area contributed by atoms with E-state index < -0.39 is 5.97 Å². The number of carbonyl (C=O) groups is 2. The van der Waals surface area contributed by atoms with Gasteiger partial charge in [-0.05, 0) is 19.1 Å². The zero-order chi connectivity index (χ0) is 19.4. The number of carboxylic acid groups (broad SMARTS) is 1. The van der Waals surface area contributed by atoms with Gasteiger partial charge in [-0.1, -0.05) is 12.1 Å². The van der Waals surface area contributed by atoms with Gasteiger partial charge in [0.2, 0.25) is 5.95 Å². The van der Waals surface area contributed by atoms with E-state index >= 15 is 0 Å². The summed E-state index contributed by atoms with van der Waals surface area (Å²) in [6.45, 7) is 3.97. The number of carboxylic acids is 1. The number of hydrogen-bond acceptors (Lipinski definition) is 6. The molecule has 0 radical (unpaired) electrons. The summed E-state index contributed by atoms with van der Waals surface area (Å²) in [6.07, 6.45) is -0.526. The molecule has 1 amide bonds. The minimum absolute atomic E-state index is 0.0411. The van der Waals surface area contributed by atoms with Crippen molar-refractivity contribution in [1.29, 1.82) is 0 Å². The van der Waals surface area contributed by atoms with Gasteiger partial charge < -0.3 is 19.6 Å². The summed E-state index contributed by atoms with van der Waals surface area (Å²) in [4.78, 5) is 43.9. The molecular formula is C18H22N4O5. The van der Waals surface area contributed by atoms with Gasteiger partial charge in [0.15, 0.2) is 0 Å². The highest BCUT2D eigenvalue weighted by Gasteiger charge is 2.25. The van der Waals surface area contributed by atoms with Crippen molar-refractivity contribution in [2.24, 2.45) is 0 Å². The molecule has 0 bridgehead atoms. The van der Waals surface area contributed by atoms with Crippen molar-refractivity contribution >= 4 is 28.9 Å². The first-order valence-electron chi connectivity index (χ1n) is 8.89. The van der Waals surface area contributed by atoms with Gasteiger partial charge in [0.05, 0.1) is 23.9 Å². The number of hydrogen-bond donors (Lipinski definition) is 1. The maximum absolute atomic E-state index is 12.9. The zero-order valence-electron chi connectivity index (χ0n) is 15.1. The summed E-state index contributed by atoms with van der Waals surface area (Å²) in [5, 5.41) is 9.47. The van der Waals surface area contributed by atoms with Gasteiger partial charge in [-0.2, -0.15) is 0 Å². The lowest BCUT2D eigenvalue weighted by molar-refractivity contribution is -0.137. The molecule has 1 aromatic carbocycles. The lowest BCUT2D eigenvalue weighted by Gasteiger charge is -2.35. The number of fused-ring (bicyclic) bond motifs is 1. The van der Waals surface area contributed by atoms with E-state index in [0.717, 1.165) is 0 Å². The third kappa shape index (κ3) is 4.02. The fraction of sp³-hybridized carbons (Fsp3) is 0.444. The summed E-state index contributed by atoms with van der Waals surface area (Å²) >= 11 is 0. The van der Waals surface area contributed by atoms with Crippen LogP contribution >= 0.6 is 0 Å². The fourth-order valence-electron chi connectivity index (χ4n) is 3.11. The first-order valence-corrected chi connectivity index (χ1v) is 8.89. The second kappa shape index (κ2) is 8.07. The Morgan fingerprint density at radius 2 is 1.89 bits per heavy atom. The van der Waals surface area contributed by atoms with E-state index in [1.807, 2.05) is 4.90 Å². The van der Waals surface area contributed by atoms with E-state index in [4.69, 9.17) is 9.84 Å². The molecule has 0 aliphatic carbocycles. The molecule has 27 heavy (non-hydrogen) atoms. The summed E-state index contributed by atoms with van der Waals surface area (Å²) < 4.78 is 6.43. The van der Waals surface area contributed by atoms with Crippen molar-refractivity contribution in [3.63, 3.8) is 0 Å². The molecule has 0 unspecified atom stereocenters. The van der Waals surface area contributed by atoms with Crippen LogP contribution in [0.4, 0.5) is 10.7 Å². The molecule has 0 atom stereocenters. The summed E-state index contributed by atoms with van der Waals surface area (Å²) in [5.74, 6) is -0.545. The number of anilines is 1. The van der Waals surface area contributed by atoms with Crippen LogP contribution in [-0.2, 0) is 16.1 Å². The van der Waals surface area contributed by atoms with Crippen molar-refractivity contribution < 1.29 is 19.4 Å². The average molecular weight is 374 g/mol. The van der Waals surface area contributed by atoms with Crippen molar-refractivity contribution in [2.75, 3.05) is 37.7 Å². The Morgan fingerprint density at radius 1 is 1.19 bits per heavy atom. The van der Waals surface area contributed by atoms with Crippen LogP contribution < -0.4 is 10.5 Å². The standard InChI is InChI=1S/C18H22N4O5/c1-2-27-18(26)21-11-9-20(10-12-21)17-19-14-6-4-3-5-13(14)16(25)22(17)8-7-15(23)24/h3-6H,2,7-12H2,1H3,(H,23,24). The predicted octanol–water partition coefficient (Wildman–Crippen LogP) is 1.15. The van der Waals surface area contributed by atoms with Crippen LogP contribution in [0.25, 0.3) is 10.9 Å². The van der Waals surface area contributed by atoms with Crippen LogP contribution in [0.3, 0.4) is 0 Å². The van der Waals surface area contributed by atoms with E-state index in [9.17, 15) is 14.4 Å². The van der Waals surface area contributed by atoms with E-state index in [1.165, 1.54) is 4.57 Å². The van der Waals surface area contributed by atoms with Crippen LogP contribution in [0, 0.1) is 0 Å². The van der Waals surface area contributed by atoms with E-state index in [1.54, 1.807) is 36.1 Å². The molecule has 1 aliphatic heterocycles. The van der Waals surface area contributed by atoms with E-state index in [2.05, 4.69) is 4.98 Å². The Kier molecular flexibility index (Phi) is 5.58. The third-order valence-electron chi connectivity index (χ3n) is 4.48. The van der Waals surface area contributed by atoms with Crippen molar-refractivity contribution in [1.82, 2.24) is 14.5 Å². The highest BCUT2D eigenvalue weighted by molar-refractivity contribution is 5.79. The minimum Gasteiger partial charge on any atom is -0.481 e. The zero-order valence-corrected chi connectivity index (χ0v) is 15.1. The summed E-state index contributed by atoms with van der Waals surface area (Å²) in [5.41, 5.74) is 0.307. The number of para-hydroxylation sites is 1. The molecule has 1 saturated heterocycles. The van der Waals surface area contributed by atoms with Crippen LogP contribution in [0.5, 0.6) is 0 Å². The maximum Gasteiger partial charge on any atom is 0.409 e. The highest BCUT2D eigenvalue weighted by Crippen LogP contribution is 2.17. The molecule has 9 nitrogen and oxygen atoms in total. The molecule has 1 aromatic heterocycles. The Morgan fingerprint density at radius 3 is 2.56 bits per heavy atom. The summed E-state index contributed by atoms with van der Waals surface area (Å²) in [6, 6.07) is 7.00. The Labute approximate surface area is 155 Å². The van der Waals surface area contributed by atoms with Crippen LogP contribution in [0.15, 0.2) is 29.1 Å². The van der Waals surface area contributed by atoms with E-state index in [-0.39, 0.29) is 24.6 Å². The number of aromatic nitrogens is 2. The molecule has 1 N–H and O–H groups in total. The normalized spacial score (nSPS) is 14.4. The molecule has 3 rings (SSSR count). The molecule has 144 valence electrons. The molecule has 0 saturated carbocycles. The van der Waals surface area contributed by atoms with Gasteiger partial charge >= 0.3 is 12.1 Å². The number of nitrogens with zero attached hydrogens (tertiary/aromatic N) is 4. The number of aliphatic carboxylic acids is 1. The molecular weight excluding hydrogens is 352 g/mol. The van der Waals surface area contributed by atoms with Gasteiger partial charge in [0, 0.05) is 32.7 Å². The first-order chi connectivity index (χ1) is 13.0. The van der Waals surface area contributed by atoms with Gasteiger partial charge in [-0.25, -0.2) is 9.78 Å². The number of amides is 1. The lowest BCUT2D eigenvalue weighted by atomic mass is 10.2. The number of rotatable bonds is 5. The SMILES string of the molecule is CCOC(=O)N1CCN(c2nc3ccccc3c(=O)n2CCC(=O)O)CC1. The van der Waals surface area contributed by atoms with Gasteiger partial charge in [-0.15, -0.1) is 0 Å². The van der Waals surface area contributed by atoms with Gasteiger partial charge in [-0.3, -0.25) is 14.2 Å². The fourth-order valence-corrected chi connectivity index (χ4v) is 3.11. The van der Waals surface area contributed by atoms with Gasteiger partial charge in [0.1, 0.15) is 0 Å². The maximum atomic E-state index is 12.9. The Bertz CT molecular complexity index is 902. The van der Waals surface area contributed by atoms with Gasteiger partial charge in [0.25, 0.3) is 5.56 Å². The first kappa shape index (κ1) is 18.7. The third-order valence-corrected chi connectivity index (χ3v) is 4.48. The Balaban J connectivity index is 1.91. The van der Waals surface area contributed by atoms with Crippen LogP contribution in [0.1, 0.15) is 13.3 Å². The van der Waals surface area contributed by atoms with Crippen LogP contribution in [-0.4, -0.2) is 64.4 Å². The smallest absolute Gasteiger partial charge is 0.409 e. The predicted molar refractivity (Wildman–Crippen MR) is 99.1 cm³/mol.